The number of carbonyl (C=O) groups is 1. The van der Waals surface area contributed by atoms with Gasteiger partial charge in [-0.2, -0.15) is 0 Å². The van der Waals surface area contributed by atoms with Crippen molar-refractivity contribution in [3.8, 4) is 21.8 Å². The second-order valence-electron chi connectivity index (χ2n) is 6.45. The molecular formula is C23H16F2N2OS. The van der Waals surface area contributed by atoms with Crippen LogP contribution in [-0.4, -0.2) is 10.9 Å². The quantitative estimate of drug-likeness (QED) is 0.431. The van der Waals surface area contributed by atoms with E-state index in [0.29, 0.717) is 5.69 Å². The number of halogens is 2. The molecule has 0 spiro atoms. The zero-order valence-corrected chi connectivity index (χ0v) is 16.3. The van der Waals surface area contributed by atoms with E-state index in [0.717, 1.165) is 44.9 Å². The summed E-state index contributed by atoms with van der Waals surface area (Å²) in [5.41, 5.74) is 3.00. The van der Waals surface area contributed by atoms with Crippen molar-refractivity contribution in [2.75, 3.05) is 5.32 Å². The molecule has 0 atom stereocenters. The number of hydrogen-bond donors (Lipinski definition) is 1. The molecule has 0 aliphatic heterocycles. The minimum absolute atomic E-state index is 0.336. The van der Waals surface area contributed by atoms with Crippen LogP contribution >= 0.6 is 11.3 Å². The first-order valence-electron chi connectivity index (χ1n) is 8.91. The molecule has 3 aromatic carbocycles. The molecule has 0 unspecified atom stereocenters. The highest BCUT2D eigenvalue weighted by atomic mass is 32.1. The zero-order valence-electron chi connectivity index (χ0n) is 15.4. The van der Waals surface area contributed by atoms with Gasteiger partial charge in [0.05, 0.1) is 11.3 Å². The summed E-state index contributed by atoms with van der Waals surface area (Å²) in [5.74, 6) is -2.14. The third-order valence-corrected chi connectivity index (χ3v) is 5.43. The van der Waals surface area contributed by atoms with E-state index in [9.17, 15) is 13.6 Å². The molecule has 144 valence electrons. The molecular weight excluding hydrogens is 390 g/mol. The van der Waals surface area contributed by atoms with Gasteiger partial charge in [0.25, 0.3) is 5.91 Å². The summed E-state index contributed by atoms with van der Waals surface area (Å²) in [4.78, 5) is 18.1. The molecule has 6 heteroatoms. The van der Waals surface area contributed by atoms with Gasteiger partial charge in [-0.1, -0.05) is 42.5 Å². The van der Waals surface area contributed by atoms with Crippen molar-refractivity contribution < 1.29 is 13.6 Å². The molecule has 0 saturated carbocycles. The summed E-state index contributed by atoms with van der Waals surface area (Å²) in [6.45, 7) is 2.02. The van der Waals surface area contributed by atoms with Crippen LogP contribution in [0.5, 0.6) is 0 Å². The molecule has 1 N–H and O–H groups in total. The average Bonchev–Trinajstić information content (AvgIpc) is 3.12. The first-order valence-corrected chi connectivity index (χ1v) is 9.72. The van der Waals surface area contributed by atoms with Gasteiger partial charge in [-0.05, 0) is 37.3 Å². The van der Waals surface area contributed by atoms with Crippen molar-refractivity contribution >= 4 is 22.9 Å². The first kappa shape index (κ1) is 19.0. The summed E-state index contributed by atoms with van der Waals surface area (Å²) in [6, 6.07) is 19.9. The molecule has 1 heterocycles. The lowest BCUT2D eigenvalue weighted by Crippen LogP contribution is -2.14. The Hall–Kier alpha value is -3.38. The molecule has 0 aliphatic rings. The second kappa shape index (κ2) is 7.93. The third kappa shape index (κ3) is 4.07. The van der Waals surface area contributed by atoms with Crippen LogP contribution in [0.4, 0.5) is 14.5 Å². The predicted octanol–water partition coefficient (Wildman–Crippen LogP) is 6.32. The van der Waals surface area contributed by atoms with E-state index in [1.54, 1.807) is 23.5 Å². The van der Waals surface area contributed by atoms with E-state index >= 15 is 0 Å². The Bertz CT molecular complexity index is 1170. The van der Waals surface area contributed by atoms with Crippen LogP contribution in [0.3, 0.4) is 0 Å². The van der Waals surface area contributed by atoms with E-state index in [4.69, 9.17) is 4.98 Å². The fraction of sp³-hybridized carbons (Fsp3) is 0.0435. The smallest absolute Gasteiger partial charge is 0.258 e. The van der Waals surface area contributed by atoms with Crippen molar-refractivity contribution in [1.29, 1.82) is 0 Å². The van der Waals surface area contributed by atoms with Gasteiger partial charge in [0, 0.05) is 21.7 Å². The maximum Gasteiger partial charge on any atom is 0.258 e. The molecule has 4 aromatic rings. The zero-order chi connectivity index (χ0) is 20.4. The Morgan fingerprint density at radius 1 is 0.931 bits per heavy atom. The molecule has 1 aromatic heterocycles. The van der Waals surface area contributed by atoms with Gasteiger partial charge in [0.2, 0.25) is 0 Å². The summed E-state index contributed by atoms with van der Waals surface area (Å²) >= 11 is 1.62. The van der Waals surface area contributed by atoms with E-state index in [1.807, 2.05) is 49.4 Å². The molecule has 1 amide bonds. The largest absolute Gasteiger partial charge is 0.322 e. The van der Waals surface area contributed by atoms with E-state index in [-0.39, 0.29) is 5.56 Å². The predicted molar refractivity (Wildman–Crippen MR) is 112 cm³/mol. The van der Waals surface area contributed by atoms with Gasteiger partial charge in [-0.25, -0.2) is 13.8 Å². The number of amides is 1. The number of aryl methyl sites for hydroxylation is 1. The van der Waals surface area contributed by atoms with E-state index < -0.39 is 17.5 Å². The van der Waals surface area contributed by atoms with Crippen LogP contribution in [-0.2, 0) is 0 Å². The Labute approximate surface area is 170 Å². The Kier molecular flexibility index (Phi) is 5.18. The van der Waals surface area contributed by atoms with Crippen LogP contribution < -0.4 is 5.32 Å². The summed E-state index contributed by atoms with van der Waals surface area (Å²) in [7, 11) is 0. The highest BCUT2D eigenvalue weighted by Crippen LogP contribution is 2.33. The van der Waals surface area contributed by atoms with Crippen LogP contribution in [0.15, 0.2) is 72.8 Å². The van der Waals surface area contributed by atoms with Crippen LogP contribution in [0.1, 0.15) is 15.2 Å². The van der Waals surface area contributed by atoms with Gasteiger partial charge in [0.1, 0.15) is 16.6 Å². The number of nitrogens with one attached hydrogen (secondary N) is 1. The van der Waals surface area contributed by atoms with Gasteiger partial charge in [-0.3, -0.25) is 4.79 Å². The normalized spacial score (nSPS) is 10.7. The van der Waals surface area contributed by atoms with Crippen molar-refractivity contribution in [3.63, 3.8) is 0 Å². The highest BCUT2D eigenvalue weighted by molar-refractivity contribution is 7.15. The van der Waals surface area contributed by atoms with Crippen molar-refractivity contribution in [3.05, 3.63) is 94.9 Å². The third-order valence-electron chi connectivity index (χ3n) is 4.41. The van der Waals surface area contributed by atoms with Gasteiger partial charge in [0.15, 0.2) is 0 Å². The lowest BCUT2D eigenvalue weighted by molar-refractivity contribution is 0.102. The number of aromatic nitrogens is 1. The fourth-order valence-corrected chi connectivity index (χ4v) is 3.89. The minimum atomic E-state index is -0.771. The van der Waals surface area contributed by atoms with Gasteiger partial charge in [-0.15, -0.1) is 11.3 Å². The Balaban J connectivity index is 1.55. The summed E-state index contributed by atoms with van der Waals surface area (Å²) in [6.07, 6.45) is 0. The molecule has 0 bridgehead atoms. The van der Waals surface area contributed by atoms with Crippen molar-refractivity contribution in [1.82, 2.24) is 4.98 Å². The Morgan fingerprint density at radius 2 is 1.66 bits per heavy atom. The van der Waals surface area contributed by atoms with E-state index in [1.165, 1.54) is 0 Å². The number of hydrogen-bond acceptors (Lipinski definition) is 3. The maximum atomic E-state index is 13.8. The molecule has 0 fully saturated rings. The molecule has 0 saturated heterocycles. The number of carbonyl (C=O) groups excluding carboxylic acids is 1. The molecule has 29 heavy (non-hydrogen) atoms. The molecule has 0 aliphatic carbocycles. The van der Waals surface area contributed by atoms with Crippen molar-refractivity contribution in [2.24, 2.45) is 0 Å². The van der Waals surface area contributed by atoms with Gasteiger partial charge < -0.3 is 5.32 Å². The summed E-state index contributed by atoms with van der Waals surface area (Å²) in [5, 5.41) is 3.53. The number of anilines is 1. The number of thiazole rings is 1. The first-order chi connectivity index (χ1) is 14.0. The lowest BCUT2D eigenvalue weighted by Gasteiger charge is -2.07. The second-order valence-corrected chi connectivity index (χ2v) is 7.65. The van der Waals surface area contributed by atoms with Crippen molar-refractivity contribution in [2.45, 2.75) is 6.92 Å². The topological polar surface area (TPSA) is 42.0 Å². The fourth-order valence-electron chi connectivity index (χ4n) is 2.95. The average molecular weight is 406 g/mol. The number of nitrogens with zero attached hydrogens (tertiary/aromatic N) is 1. The standard InChI is InChI=1S/C23H16F2N2OS/c1-14-21(27-23(29-14)16-5-3-2-4-6-16)15-7-10-18(11-8-15)26-22(28)19-13-17(24)9-12-20(19)25/h2-13H,1H3,(H,26,28). The monoisotopic (exact) mass is 406 g/mol. The SMILES string of the molecule is Cc1sc(-c2ccccc2)nc1-c1ccc(NC(=O)c2cc(F)ccc2F)cc1. The lowest BCUT2D eigenvalue weighted by atomic mass is 10.1. The molecule has 4 rings (SSSR count). The molecule has 0 radical (unpaired) electrons. The van der Waals surface area contributed by atoms with E-state index in [2.05, 4.69) is 5.32 Å². The van der Waals surface area contributed by atoms with Crippen LogP contribution in [0.25, 0.3) is 21.8 Å². The number of benzene rings is 3. The molecule has 3 nitrogen and oxygen atoms in total. The highest BCUT2D eigenvalue weighted by Gasteiger charge is 2.14. The summed E-state index contributed by atoms with van der Waals surface area (Å²) < 4.78 is 27.1. The Morgan fingerprint density at radius 3 is 2.38 bits per heavy atom. The minimum Gasteiger partial charge on any atom is -0.322 e. The van der Waals surface area contributed by atoms with Crippen LogP contribution in [0, 0.1) is 18.6 Å². The van der Waals surface area contributed by atoms with Gasteiger partial charge >= 0.3 is 0 Å². The maximum absolute atomic E-state index is 13.8. The number of rotatable bonds is 4. The van der Waals surface area contributed by atoms with Crippen LogP contribution in [0.2, 0.25) is 0 Å².